The molecule has 0 atom stereocenters. The summed E-state index contributed by atoms with van der Waals surface area (Å²) in [5.74, 6) is 0.123. The SMILES string of the molecule is CC(=O)c1ccc(O)c(-c2ccc(Cl)cc2)c1. The number of carbonyl (C=O) groups excluding carboxylic acids is 1. The van der Waals surface area contributed by atoms with Gasteiger partial charge in [0.1, 0.15) is 5.75 Å². The van der Waals surface area contributed by atoms with E-state index < -0.39 is 0 Å². The van der Waals surface area contributed by atoms with Gasteiger partial charge in [-0.3, -0.25) is 4.79 Å². The molecule has 0 unspecified atom stereocenters. The molecule has 2 rings (SSSR count). The van der Waals surface area contributed by atoms with Gasteiger partial charge in [0.15, 0.2) is 5.78 Å². The first kappa shape index (κ1) is 11.7. The van der Waals surface area contributed by atoms with Crippen LogP contribution in [-0.4, -0.2) is 10.9 Å². The summed E-state index contributed by atoms with van der Waals surface area (Å²) in [6, 6.07) is 11.9. The van der Waals surface area contributed by atoms with Crippen molar-refractivity contribution in [2.45, 2.75) is 6.92 Å². The summed E-state index contributed by atoms with van der Waals surface area (Å²) < 4.78 is 0. The van der Waals surface area contributed by atoms with Crippen LogP contribution in [0.5, 0.6) is 5.75 Å². The lowest BCUT2D eigenvalue weighted by atomic mass is 10.0. The number of Topliss-reactive ketones (excluding diaryl/α,β-unsaturated/α-hetero) is 1. The number of hydrogen-bond donors (Lipinski definition) is 1. The summed E-state index contributed by atoms with van der Waals surface area (Å²) in [5, 5.41) is 10.4. The third kappa shape index (κ3) is 2.48. The largest absolute Gasteiger partial charge is 0.507 e. The third-order valence-electron chi connectivity index (χ3n) is 2.56. The minimum atomic E-state index is -0.0276. The predicted octanol–water partition coefficient (Wildman–Crippen LogP) is 3.92. The Hall–Kier alpha value is -1.80. The third-order valence-corrected chi connectivity index (χ3v) is 2.81. The molecule has 0 aliphatic rings. The number of hydrogen-bond acceptors (Lipinski definition) is 2. The van der Waals surface area contributed by atoms with Gasteiger partial charge in [0, 0.05) is 16.1 Å². The van der Waals surface area contributed by atoms with E-state index in [1.165, 1.54) is 13.0 Å². The van der Waals surface area contributed by atoms with Crippen LogP contribution in [0, 0.1) is 0 Å². The fourth-order valence-corrected chi connectivity index (χ4v) is 1.74. The van der Waals surface area contributed by atoms with Gasteiger partial charge in [-0.25, -0.2) is 0 Å². The molecule has 17 heavy (non-hydrogen) atoms. The molecule has 3 heteroatoms. The molecule has 2 aromatic rings. The molecule has 86 valence electrons. The lowest BCUT2D eigenvalue weighted by Crippen LogP contribution is -1.92. The highest BCUT2D eigenvalue weighted by molar-refractivity contribution is 6.30. The number of aromatic hydroxyl groups is 1. The predicted molar refractivity (Wildman–Crippen MR) is 68.6 cm³/mol. The van der Waals surface area contributed by atoms with E-state index in [9.17, 15) is 9.90 Å². The van der Waals surface area contributed by atoms with Crippen molar-refractivity contribution in [2.24, 2.45) is 0 Å². The van der Waals surface area contributed by atoms with Crippen LogP contribution in [0.1, 0.15) is 17.3 Å². The van der Waals surface area contributed by atoms with Gasteiger partial charge in [0.05, 0.1) is 0 Å². The number of halogens is 1. The van der Waals surface area contributed by atoms with Crippen LogP contribution in [0.3, 0.4) is 0 Å². The van der Waals surface area contributed by atoms with Gasteiger partial charge < -0.3 is 5.11 Å². The lowest BCUT2D eigenvalue weighted by Gasteiger charge is -2.06. The normalized spacial score (nSPS) is 10.2. The zero-order valence-corrected chi connectivity index (χ0v) is 10.0. The number of ketones is 1. The second-order valence-electron chi connectivity index (χ2n) is 3.80. The highest BCUT2D eigenvalue weighted by atomic mass is 35.5. The summed E-state index contributed by atoms with van der Waals surface area (Å²) in [6.45, 7) is 1.50. The minimum absolute atomic E-state index is 0.0276. The Bertz CT molecular complexity index is 559. The highest BCUT2D eigenvalue weighted by Crippen LogP contribution is 2.30. The molecule has 0 spiro atoms. The van der Waals surface area contributed by atoms with E-state index in [1.807, 2.05) is 0 Å². The Labute approximate surface area is 104 Å². The molecule has 0 saturated carbocycles. The topological polar surface area (TPSA) is 37.3 Å². The van der Waals surface area contributed by atoms with Crippen LogP contribution in [0.2, 0.25) is 5.02 Å². The number of carbonyl (C=O) groups is 1. The lowest BCUT2D eigenvalue weighted by molar-refractivity contribution is 0.101. The molecular weight excluding hydrogens is 236 g/mol. The van der Waals surface area contributed by atoms with Gasteiger partial charge in [-0.1, -0.05) is 23.7 Å². The summed E-state index contributed by atoms with van der Waals surface area (Å²) in [4.78, 5) is 11.3. The van der Waals surface area contributed by atoms with Crippen LogP contribution < -0.4 is 0 Å². The van der Waals surface area contributed by atoms with Crippen molar-refractivity contribution in [2.75, 3.05) is 0 Å². The first-order valence-electron chi connectivity index (χ1n) is 5.18. The maximum atomic E-state index is 11.3. The second-order valence-corrected chi connectivity index (χ2v) is 4.23. The van der Waals surface area contributed by atoms with Gasteiger partial charge in [-0.05, 0) is 42.8 Å². The molecule has 0 aliphatic carbocycles. The number of phenols is 1. The average Bonchev–Trinajstić information content (AvgIpc) is 2.31. The van der Waals surface area contributed by atoms with Crippen LogP contribution in [0.15, 0.2) is 42.5 Å². The quantitative estimate of drug-likeness (QED) is 0.816. The number of benzene rings is 2. The van der Waals surface area contributed by atoms with Gasteiger partial charge in [0.2, 0.25) is 0 Å². The van der Waals surface area contributed by atoms with Crippen molar-refractivity contribution in [1.29, 1.82) is 0 Å². The van der Waals surface area contributed by atoms with E-state index >= 15 is 0 Å². The maximum absolute atomic E-state index is 11.3. The molecule has 0 saturated heterocycles. The van der Waals surface area contributed by atoms with Crippen molar-refractivity contribution < 1.29 is 9.90 Å². The summed E-state index contributed by atoms with van der Waals surface area (Å²) in [7, 11) is 0. The van der Waals surface area contributed by atoms with Crippen molar-refractivity contribution in [3.63, 3.8) is 0 Å². The molecule has 0 heterocycles. The molecule has 0 amide bonds. The standard InChI is InChI=1S/C14H11ClO2/c1-9(16)11-4-7-14(17)13(8-11)10-2-5-12(15)6-3-10/h2-8,17H,1H3. The van der Waals surface area contributed by atoms with Gasteiger partial charge in [0.25, 0.3) is 0 Å². The maximum Gasteiger partial charge on any atom is 0.159 e. The Morgan fingerprint density at radius 2 is 1.76 bits per heavy atom. The summed E-state index contributed by atoms with van der Waals surface area (Å²) >= 11 is 5.80. The van der Waals surface area contributed by atoms with E-state index in [2.05, 4.69) is 0 Å². The van der Waals surface area contributed by atoms with Crippen molar-refractivity contribution >= 4 is 17.4 Å². The fraction of sp³-hybridized carbons (Fsp3) is 0.0714. The molecule has 0 bridgehead atoms. The number of phenolic OH excluding ortho intramolecular Hbond substituents is 1. The molecule has 1 N–H and O–H groups in total. The fourth-order valence-electron chi connectivity index (χ4n) is 1.62. The molecule has 0 aliphatic heterocycles. The van der Waals surface area contributed by atoms with E-state index in [1.54, 1.807) is 36.4 Å². The van der Waals surface area contributed by atoms with E-state index in [0.29, 0.717) is 16.1 Å². The second kappa shape index (κ2) is 4.60. The Morgan fingerprint density at radius 3 is 2.35 bits per heavy atom. The van der Waals surface area contributed by atoms with E-state index in [0.717, 1.165) is 5.56 Å². The van der Waals surface area contributed by atoms with Crippen LogP contribution >= 0.6 is 11.6 Å². The first-order chi connectivity index (χ1) is 8.08. The highest BCUT2D eigenvalue weighted by Gasteiger charge is 2.07. The van der Waals surface area contributed by atoms with Crippen molar-refractivity contribution in [1.82, 2.24) is 0 Å². The zero-order chi connectivity index (χ0) is 12.4. The van der Waals surface area contributed by atoms with Crippen LogP contribution in [0.25, 0.3) is 11.1 Å². The summed E-state index contributed by atoms with van der Waals surface area (Å²) in [5.41, 5.74) is 2.04. The Balaban J connectivity index is 2.54. The van der Waals surface area contributed by atoms with E-state index in [-0.39, 0.29) is 11.5 Å². The summed E-state index contributed by atoms with van der Waals surface area (Å²) in [6.07, 6.45) is 0. The van der Waals surface area contributed by atoms with Crippen molar-refractivity contribution in [3.8, 4) is 16.9 Å². The minimum Gasteiger partial charge on any atom is -0.507 e. The molecule has 0 fully saturated rings. The Morgan fingerprint density at radius 1 is 1.12 bits per heavy atom. The molecule has 0 radical (unpaired) electrons. The van der Waals surface area contributed by atoms with Crippen LogP contribution in [-0.2, 0) is 0 Å². The van der Waals surface area contributed by atoms with Crippen LogP contribution in [0.4, 0.5) is 0 Å². The van der Waals surface area contributed by atoms with Gasteiger partial charge in [-0.2, -0.15) is 0 Å². The van der Waals surface area contributed by atoms with E-state index in [4.69, 9.17) is 11.6 Å². The molecule has 0 aromatic heterocycles. The monoisotopic (exact) mass is 246 g/mol. The zero-order valence-electron chi connectivity index (χ0n) is 9.27. The molecule has 2 nitrogen and oxygen atoms in total. The average molecular weight is 247 g/mol. The molecular formula is C14H11ClO2. The van der Waals surface area contributed by atoms with Gasteiger partial charge in [-0.15, -0.1) is 0 Å². The smallest absolute Gasteiger partial charge is 0.159 e. The molecule has 2 aromatic carbocycles. The number of rotatable bonds is 2. The van der Waals surface area contributed by atoms with Crippen molar-refractivity contribution in [3.05, 3.63) is 53.1 Å². The van der Waals surface area contributed by atoms with Gasteiger partial charge >= 0.3 is 0 Å². The Kier molecular flexibility index (Phi) is 3.16. The first-order valence-corrected chi connectivity index (χ1v) is 5.55.